The Hall–Kier alpha value is -0.610. The SMILES string of the molecule is CC(Nc1nccs1)C(C)(C)O. The van der Waals surface area contributed by atoms with E-state index in [1.54, 1.807) is 20.0 Å². The Kier molecular flexibility index (Phi) is 2.69. The van der Waals surface area contributed by atoms with Crippen LogP contribution in [0, 0.1) is 0 Å². The van der Waals surface area contributed by atoms with Gasteiger partial charge in [-0.1, -0.05) is 0 Å². The molecule has 0 fully saturated rings. The van der Waals surface area contributed by atoms with Crippen molar-refractivity contribution in [3.8, 4) is 0 Å². The summed E-state index contributed by atoms with van der Waals surface area (Å²) < 4.78 is 0. The molecule has 1 heterocycles. The highest BCUT2D eigenvalue weighted by Gasteiger charge is 2.22. The molecule has 0 aliphatic carbocycles. The van der Waals surface area contributed by atoms with Crippen LogP contribution in [0.1, 0.15) is 20.8 Å². The average molecular weight is 186 g/mol. The number of thiazole rings is 1. The van der Waals surface area contributed by atoms with Crippen LogP contribution in [0.3, 0.4) is 0 Å². The van der Waals surface area contributed by atoms with E-state index in [9.17, 15) is 5.11 Å². The summed E-state index contributed by atoms with van der Waals surface area (Å²) in [7, 11) is 0. The fraction of sp³-hybridized carbons (Fsp3) is 0.625. The highest BCUT2D eigenvalue weighted by atomic mass is 32.1. The van der Waals surface area contributed by atoms with Crippen molar-refractivity contribution >= 4 is 16.5 Å². The number of hydrogen-bond donors (Lipinski definition) is 2. The van der Waals surface area contributed by atoms with Crippen LogP contribution in [-0.2, 0) is 0 Å². The number of aromatic nitrogens is 1. The van der Waals surface area contributed by atoms with Gasteiger partial charge in [0.05, 0.1) is 11.6 Å². The molecule has 1 rings (SSSR count). The molecule has 3 nitrogen and oxygen atoms in total. The van der Waals surface area contributed by atoms with E-state index < -0.39 is 5.60 Å². The summed E-state index contributed by atoms with van der Waals surface area (Å²) in [6, 6.07) is 0.00338. The van der Waals surface area contributed by atoms with Crippen molar-refractivity contribution in [1.82, 2.24) is 4.98 Å². The average Bonchev–Trinajstić information content (AvgIpc) is 2.37. The fourth-order valence-electron chi connectivity index (χ4n) is 0.657. The molecule has 0 saturated carbocycles. The molecule has 1 atom stereocenters. The zero-order valence-electron chi connectivity index (χ0n) is 7.53. The van der Waals surface area contributed by atoms with Gasteiger partial charge >= 0.3 is 0 Å². The first kappa shape index (κ1) is 9.48. The van der Waals surface area contributed by atoms with Crippen LogP contribution in [-0.4, -0.2) is 21.7 Å². The normalized spacial score (nSPS) is 14.3. The topological polar surface area (TPSA) is 45.2 Å². The molecular weight excluding hydrogens is 172 g/mol. The van der Waals surface area contributed by atoms with E-state index in [-0.39, 0.29) is 6.04 Å². The summed E-state index contributed by atoms with van der Waals surface area (Å²) in [4.78, 5) is 4.07. The molecule has 0 radical (unpaired) electrons. The predicted octanol–water partition coefficient (Wildman–Crippen LogP) is 1.71. The van der Waals surface area contributed by atoms with Crippen LogP contribution in [0.4, 0.5) is 5.13 Å². The highest BCUT2D eigenvalue weighted by Crippen LogP contribution is 2.16. The van der Waals surface area contributed by atoms with Crippen molar-refractivity contribution in [2.24, 2.45) is 0 Å². The maximum absolute atomic E-state index is 9.60. The molecule has 0 aromatic carbocycles. The fourth-order valence-corrected chi connectivity index (χ4v) is 1.27. The predicted molar refractivity (Wildman–Crippen MR) is 51.5 cm³/mol. The van der Waals surface area contributed by atoms with Crippen LogP contribution in [0.2, 0.25) is 0 Å². The van der Waals surface area contributed by atoms with Crippen molar-refractivity contribution in [2.75, 3.05) is 5.32 Å². The lowest BCUT2D eigenvalue weighted by molar-refractivity contribution is 0.0649. The first-order valence-electron chi connectivity index (χ1n) is 3.88. The van der Waals surface area contributed by atoms with E-state index in [1.165, 1.54) is 11.3 Å². The second-order valence-electron chi connectivity index (χ2n) is 3.36. The summed E-state index contributed by atoms with van der Waals surface area (Å²) in [5, 5.41) is 15.5. The van der Waals surface area contributed by atoms with E-state index in [0.717, 1.165) is 5.13 Å². The van der Waals surface area contributed by atoms with E-state index in [2.05, 4.69) is 10.3 Å². The molecule has 0 bridgehead atoms. The number of aliphatic hydroxyl groups is 1. The lowest BCUT2D eigenvalue weighted by atomic mass is 10.0. The molecule has 1 aromatic rings. The number of hydrogen-bond acceptors (Lipinski definition) is 4. The number of nitrogens with one attached hydrogen (secondary N) is 1. The Bertz CT molecular complexity index is 228. The van der Waals surface area contributed by atoms with Gasteiger partial charge in [-0.2, -0.15) is 0 Å². The summed E-state index contributed by atoms with van der Waals surface area (Å²) in [5.74, 6) is 0. The van der Waals surface area contributed by atoms with E-state index in [0.29, 0.717) is 0 Å². The summed E-state index contributed by atoms with van der Waals surface area (Å²) in [5.41, 5.74) is -0.717. The Morgan fingerprint density at radius 1 is 1.67 bits per heavy atom. The van der Waals surface area contributed by atoms with Gasteiger partial charge in [0.25, 0.3) is 0 Å². The van der Waals surface area contributed by atoms with Gasteiger partial charge in [-0.15, -0.1) is 11.3 Å². The second kappa shape index (κ2) is 3.41. The van der Waals surface area contributed by atoms with Crippen LogP contribution < -0.4 is 5.32 Å². The standard InChI is InChI=1S/C8H14N2OS/c1-6(8(2,3)11)10-7-9-4-5-12-7/h4-6,11H,1-3H3,(H,9,10). The van der Waals surface area contributed by atoms with E-state index >= 15 is 0 Å². The molecule has 0 aliphatic heterocycles. The number of anilines is 1. The minimum absolute atomic E-state index is 0.00338. The third kappa shape index (κ3) is 2.46. The lowest BCUT2D eigenvalue weighted by Gasteiger charge is -2.26. The van der Waals surface area contributed by atoms with Crippen LogP contribution in [0.5, 0.6) is 0 Å². The maximum atomic E-state index is 9.60. The van der Waals surface area contributed by atoms with Crippen molar-refractivity contribution in [1.29, 1.82) is 0 Å². The molecule has 1 aromatic heterocycles. The monoisotopic (exact) mass is 186 g/mol. The molecule has 0 amide bonds. The van der Waals surface area contributed by atoms with Crippen LogP contribution in [0.15, 0.2) is 11.6 Å². The minimum Gasteiger partial charge on any atom is -0.388 e. The molecule has 0 spiro atoms. The van der Waals surface area contributed by atoms with Gasteiger partial charge < -0.3 is 10.4 Å². The smallest absolute Gasteiger partial charge is 0.182 e. The van der Waals surface area contributed by atoms with Gasteiger partial charge in [-0.05, 0) is 20.8 Å². The number of nitrogens with zero attached hydrogens (tertiary/aromatic N) is 1. The van der Waals surface area contributed by atoms with Gasteiger partial charge in [0.1, 0.15) is 0 Å². The van der Waals surface area contributed by atoms with Crippen molar-refractivity contribution in [3.63, 3.8) is 0 Å². The van der Waals surface area contributed by atoms with Crippen LogP contribution in [0.25, 0.3) is 0 Å². The molecule has 1 unspecified atom stereocenters. The Morgan fingerprint density at radius 2 is 2.33 bits per heavy atom. The highest BCUT2D eigenvalue weighted by molar-refractivity contribution is 7.13. The third-order valence-corrected chi connectivity index (χ3v) is 2.54. The number of rotatable bonds is 3. The summed E-state index contributed by atoms with van der Waals surface area (Å²) >= 11 is 1.53. The molecule has 12 heavy (non-hydrogen) atoms. The maximum Gasteiger partial charge on any atom is 0.182 e. The molecule has 4 heteroatoms. The summed E-state index contributed by atoms with van der Waals surface area (Å²) in [6.07, 6.45) is 1.74. The molecule has 0 saturated heterocycles. The second-order valence-corrected chi connectivity index (χ2v) is 4.25. The largest absolute Gasteiger partial charge is 0.388 e. The lowest BCUT2D eigenvalue weighted by Crippen LogP contribution is -2.39. The van der Waals surface area contributed by atoms with E-state index in [1.807, 2.05) is 12.3 Å². The Labute approximate surface area is 76.5 Å². The molecule has 0 aliphatic rings. The van der Waals surface area contributed by atoms with Crippen molar-refractivity contribution < 1.29 is 5.11 Å². The Balaban J connectivity index is 2.53. The minimum atomic E-state index is -0.717. The zero-order valence-corrected chi connectivity index (χ0v) is 8.35. The molecule has 68 valence electrons. The summed E-state index contributed by atoms with van der Waals surface area (Å²) in [6.45, 7) is 5.48. The quantitative estimate of drug-likeness (QED) is 0.755. The van der Waals surface area contributed by atoms with Gasteiger partial charge in [0.2, 0.25) is 0 Å². The third-order valence-electron chi connectivity index (χ3n) is 1.83. The van der Waals surface area contributed by atoms with Crippen molar-refractivity contribution in [3.05, 3.63) is 11.6 Å². The van der Waals surface area contributed by atoms with Gasteiger partial charge in [-0.3, -0.25) is 0 Å². The Morgan fingerprint density at radius 3 is 2.75 bits per heavy atom. The molecular formula is C8H14N2OS. The first-order valence-corrected chi connectivity index (χ1v) is 4.76. The van der Waals surface area contributed by atoms with E-state index in [4.69, 9.17) is 0 Å². The van der Waals surface area contributed by atoms with Crippen molar-refractivity contribution in [2.45, 2.75) is 32.4 Å². The van der Waals surface area contributed by atoms with Gasteiger partial charge in [-0.25, -0.2) is 4.98 Å². The first-order chi connectivity index (χ1) is 5.50. The zero-order chi connectivity index (χ0) is 9.19. The van der Waals surface area contributed by atoms with Crippen LogP contribution >= 0.6 is 11.3 Å². The molecule has 2 N–H and O–H groups in total. The van der Waals surface area contributed by atoms with Gasteiger partial charge in [0.15, 0.2) is 5.13 Å². The van der Waals surface area contributed by atoms with Gasteiger partial charge in [0, 0.05) is 11.6 Å².